The third-order valence-corrected chi connectivity index (χ3v) is 12.7. The number of hydrogen-bond donors (Lipinski definition) is 3. The molecule has 4 aliphatic heterocycles. The maximum absolute atomic E-state index is 14.4. The van der Waals surface area contributed by atoms with Crippen molar-refractivity contribution in [2.24, 2.45) is 23.2 Å². The van der Waals surface area contributed by atoms with Crippen LogP contribution in [0, 0.1) is 23.2 Å². The molecule has 4 fully saturated rings. The highest BCUT2D eigenvalue weighted by atomic mass is 16.7. The van der Waals surface area contributed by atoms with E-state index >= 15 is 0 Å². The van der Waals surface area contributed by atoms with Crippen molar-refractivity contribution < 1.29 is 43.2 Å². The minimum atomic E-state index is -1.14. The predicted octanol–water partition coefficient (Wildman–Crippen LogP) is 3.74. The number of fused-ring (bicyclic) bond motifs is 1. The van der Waals surface area contributed by atoms with Crippen LogP contribution in [0.5, 0.6) is 0 Å². The van der Waals surface area contributed by atoms with Crippen LogP contribution in [0.3, 0.4) is 0 Å². The lowest BCUT2D eigenvalue weighted by atomic mass is 9.78. The lowest BCUT2D eigenvalue weighted by Crippen LogP contribution is -2.61. The molecule has 0 aromatic heterocycles. The van der Waals surface area contributed by atoms with E-state index in [9.17, 15) is 19.5 Å². The first-order valence-corrected chi connectivity index (χ1v) is 19.7. The number of carbonyl (C=O) groups is 3. The maximum atomic E-state index is 14.4. The minimum absolute atomic E-state index is 0.0279. The number of piperidine rings is 1. The zero-order chi connectivity index (χ0) is 38.8. The summed E-state index contributed by atoms with van der Waals surface area (Å²) in [6.45, 7) is 21.0. The summed E-state index contributed by atoms with van der Waals surface area (Å²) >= 11 is 0. The highest BCUT2D eigenvalue weighted by Gasteiger charge is 2.57. The Balaban J connectivity index is 1.67. The molecule has 0 aliphatic carbocycles. The van der Waals surface area contributed by atoms with E-state index in [0.29, 0.717) is 37.6 Å². The number of hydrogen-bond acceptors (Lipinski definition) is 12. The average molecular weight is 739 g/mol. The van der Waals surface area contributed by atoms with Gasteiger partial charge in [0.05, 0.1) is 23.9 Å². The monoisotopic (exact) mass is 739 g/mol. The van der Waals surface area contributed by atoms with Crippen molar-refractivity contribution >= 4 is 17.8 Å². The molecule has 4 aliphatic rings. The van der Waals surface area contributed by atoms with Crippen LogP contribution in [0.25, 0.3) is 0 Å². The van der Waals surface area contributed by atoms with Gasteiger partial charge in [0.15, 0.2) is 17.7 Å². The number of likely N-dealkylation sites (tertiary alicyclic amines) is 1. The highest BCUT2D eigenvalue weighted by molar-refractivity contribution is 6.00. The van der Waals surface area contributed by atoms with Crippen LogP contribution in [-0.2, 0) is 33.3 Å². The molecule has 13 heteroatoms. The SMILES string of the molecule is CC[C@H]1OC(=O)C(C)C(=O)[C@H](C)[C@@H](OC2OC(CN3CCC(C)(C)CC3)CC(N(C)C)C2O)[C@](C)(OC)C[C@@H](C)CN[C@H](C)[C@H]2NC(=O)O[C@@]21CC. The fraction of sp³-hybridized carbons (Fsp3) is 0.923. The zero-order valence-corrected chi connectivity index (χ0v) is 34.0. The molecule has 4 heterocycles. The summed E-state index contributed by atoms with van der Waals surface area (Å²) in [7, 11) is 5.51. The summed E-state index contributed by atoms with van der Waals surface area (Å²) in [6.07, 6.45) is -0.280. The Bertz CT molecular complexity index is 1230. The molecular weight excluding hydrogens is 668 g/mol. The largest absolute Gasteiger partial charge is 0.457 e. The van der Waals surface area contributed by atoms with E-state index in [0.717, 1.165) is 32.5 Å². The topological polar surface area (TPSA) is 148 Å². The van der Waals surface area contributed by atoms with E-state index in [2.05, 4.69) is 36.3 Å². The van der Waals surface area contributed by atoms with Crippen LogP contribution in [0.2, 0.25) is 0 Å². The molecule has 0 saturated carbocycles. The van der Waals surface area contributed by atoms with Gasteiger partial charge < -0.3 is 49.2 Å². The summed E-state index contributed by atoms with van der Waals surface area (Å²) in [6, 6.07) is -0.944. The van der Waals surface area contributed by atoms with Gasteiger partial charge in [-0.15, -0.1) is 0 Å². The van der Waals surface area contributed by atoms with E-state index in [1.165, 1.54) is 0 Å². The number of ether oxygens (including phenoxy) is 5. The second kappa shape index (κ2) is 17.3. The first-order chi connectivity index (χ1) is 24.3. The predicted molar refractivity (Wildman–Crippen MR) is 198 cm³/mol. The molecule has 4 rings (SSSR count). The van der Waals surface area contributed by atoms with Crippen LogP contribution in [-0.4, -0.2) is 140 Å². The fourth-order valence-electron chi connectivity index (χ4n) is 9.09. The summed E-state index contributed by atoms with van der Waals surface area (Å²) in [5, 5.41) is 18.3. The molecule has 0 spiro atoms. The second-order valence-electron chi connectivity index (χ2n) is 17.5. The number of likely N-dealkylation sites (N-methyl/N-ethyl adjacent to an activating group) is 1. The third-order valence-electron chi connectivity index (χ3n) is 12.7. The summed E-state index contributed by atoms with van der Waals surface area (Å²) in [5.74, 6) is -3.01. The first kappa shape index (κ1) is 42.9. The van der Waals surface area contributed by atoms with Gasteiger partial charge in [-0.25, -0.2) is 4.79 Å². The number of ketones is 1. The molecule has 3 N–H and O–H groups in total. The van der Waals surface area contributed by atoms with Crippen molar-refractivity contribution in [1.82, 2.24) is 20.4 Å². The summed E-state index contributed by atoms with van der Waals surface area (Å²) in [4.78, 5) is 45.4. The Labute approximate surface area is 312 Å². The minimum Gasteiger partial charge on any atom is -0.457 e. The maximum Gasteiger partial charge on any atom is 0.408 e. The van der Waals surface area contributed by atoms with Crippen LogP contribution in [0.1, 0.15) is 101 Å². The molecule has 4 saturated heterocycles. The Morgan fingerprint density at radius 1 is 1.04 bits per heavy atom. The van der Waals surface area contributed by atoms with E-state index in [4.69, 9.17) is 23.7 Å². The van der Waals surface area contributed by atoms with Gasteiger partial charge in [0.1, 0.15) is 18.1 Å². The Hall–Kier alpha value is -1.87. The molecule has 52 heavy (non-hydrogen) atoms. The van der Waals surface area contributed by atoms with E-state index in [-0.39, 0.29) is 29.9 Å². The van der Waals surface area contributed by atoms with Crippen LogP contribution >= 0.6 is 0 Å². The number of amides is 1. The number of esters is 1. The molecule has 0 aromatic rings. The van der Waals surface area contributed by atoms with Crippen molar-refractivity contribution in [3.63, 3.8) is 0 Å². The molecule has 13 atom stereocenters. The Morgan fingerprint density at radius 3 is 2.27 bits per heavy atom. The normalized spacial score (nSPS) is 42.8. The lowest BCUT2D eigenvalue weighted by Gasteiger charge is -2.48. The van der Waals surface area contributed by atoms with Crippen molar-refractivity contribution in [3.8, 4) is 0 Å². The number of alkyl carbamates (subject to hydrolysis) is 1. The molecule has 0 radical (unpaired) electrons. The van der Waals surface area contributed by atoms with Crippen molar-refractivity contribution in [3.05, 3.63) is 0 Å². The van der Waals surface area contributed by atoms with E-state index < -0.39 is 65.7 Å². The van der Waals surface area contributed by atoms with Crippen LogP contribution in [0.15, 0.2) is 0 Å². The van der Waals surface area contributed by atoms with Crippen LogP contribution < -0.4 is 10.6 Å². The number of aliphatic hydroxyl groups is 1. The van der Waals surface area contributed by atoms with E-state index in [1.807, 2.05) is 46.7 Å². The van der Waals surface area contributed by atoms with Gasteiger partial charge in [-0.3, -0.25) is 9.59 Å². The Kier molecular flexibility index (Phi) is 14.3. The number of rotatable bonds is 8. The molecule has 300 valence electrons. The van der Waals surface area contributed by atoms with Gasteiger partial charge >= 0.3 is 12.1 Å². The van der Waals surface area contributed by atoms with Gasteiger partial charge in [0.2, 0.25) is 0 Å². The molecule has 0 aromatic carbocycles. The summed E-state index contributed by atoms with van der Waals surface area (Å²) < 4.78 is 31.8. The number of aliphatic hydroxyl groups excluding tert-OH is 1. The second-order valence-corrected chi connectivity index (χ2v) is 17.5. The molecule has 5 unspecified atom stereocenters. The number of nitrogens with one attached hydrogen (secondary N) is 2. The molecule has 1 amide bonds. The van der Waals surface area contributed by atoms with Crippen molar-refractivity contribution in [1.29, 1.82) is 0 Å². The van der Waals surface area contributed by atoms with Crippen molar-refractivity contribution in [2.45, 2.75) is 161 Å². The fourth-order valence-corrected chi connectivity index (χ4v) is 9.09. The smallest absolute Gasteiger partial charge is 0.408 e. The van der Waals surface area contributed by atoms with Gasteiger partial charge in [-0.2, -0.15) is 0 Å². The quantitative estimate of drug-likeness (QED) is 0.246. The van der Waals surface area contributed by atoms with Gasteiger partial charge in [-0.1, -0.05) is 41.5 Å². The molecule has 0 bridgehead atoms. The average Bonchev–Trinajstić information content (AvgIpc) is 3.45. The van der Waals surface area contributed by atoms with Crippen molar-refractivity contribution in [2.75, 3.05) is 47.4 Å². The number of nitrogens with zero attached hydrogens (tertiary/aromatic N) is 2. The lowest BCUT2D eigenvalue weighted by molar-refractivity contribution is -0.299. The number of methoxy groups -OCH3 is 1. The van der Waals surface area contributed by atoms with Gasteiger partial charge in [0, 0.05) is 31.7 Å². The van der Waals surface area contributed by atoms with Gasteiger partial charge in [0.25, 0.3) is 0 Å². The Morgan fingerprint density at radius 2 is 1.69 bits per heavy atom. The summed E-state index contributed by atoms with van der Waals surface area (Å²) in [5.41, 5.74) is -1.81. The number of cyclic esters (lactones) is 1. The van der Waals surface area contributed by atoms with E-state index in [1.54, 1.807) is 21.0 Å². The van der Waals surface area contributed by atoms with Gasteiger partial charge in [-0.05, 0) is 104 Å². The number of carbonyl (C=O) groups excluding carboxylic acids is 3. The zero-order valence-electron chi connectivity index (χ0n) is 34.0. The first-order valence-electron chi connectivity index (χ1n) is 19.7. The highest BCUT2D eigenvalue weighted by Crippen LogP contribution is 2.39. The standard InChI is InChI=1S/C39H70N4O9/c1-13-29-39(14-2)32(41-36(47)52-39)26(6)40-21-23(3)20-38(9,48-12)33(24(4)30(44)25(5)34(46)50-29)51-35-31(45)28(42(10)11)19-27(49-35)22-43-17-15-37(7,8)16-18-43/h23-29,31-33,35,40,45H,13-22H2,1-12H3,(H,41,47)/t23-,24+,25?,26-,27?,28?,29-,31?,32-,33-,35?,38-,39-/m1/s1. The number of Topliss-reactive ketones (excluding diaryl/α,β-unsaturated/α-hetero) is 1. The third kappa shape index (κ3) is 9.32. The molecular formula is C39H70N4O9. The molecule has 13 nitrogen and oxygen atoms in total. The van der Waals surface area contributed by atoms with Crippen LogP contribution in [0.4, 0.5) is 4.79 Å².